The molecule has 28 heavy (non-hydrogen) atoms. The highest BCUT2D eigenvalue weighted by Crippen LogP contribution is 2.46. The summed E-state index contributed by atoms with van der Waals surface area (Å²) in [6, 6.07) is 12.3. The summed E-state index contributed by atoms with van der Waals surface area (Å²) in [6.45, 7) is 6.02. The van der Waals surface area contributed by atoms with E-state index in [2.05, 4.69) is 13.8 Å². The fourth-order valence-electron chi connectivity index (χ4n) is 4.33. The lowest BCUT2D eigenvalue weighted by atomic mass is 9.60. The van der Waals surface area contributed by atoms with E-state index in [1.807, 2.05) is 25.1 Å². The summed E-state index contributed by atoms with van der Waals surface area (Å²) in [4.78, 5) is 0.146. The summed E-state index contributed by atoms with van der Waals surface area (Å²) in [6.07, 6.45) is 1.22. The summed E-state index contributed by atoms with van der Waals surface area (Å²) in [5, 5.41) is 11.6. The van der Waals surface area contributed by atoms with Gasteiger partial charge in [0.15, 0.2) is 0 Å². The van der Waals surface area contributed by atoms with Crippen molar-refractivity contribution >= 4 is 21.7 Å². The van der Waals surface area contributed by atoms with Crippen LogP contribution in [0.25, 0.3) is 0 Å². The molecule has 0 fully saturated rings. The highest BCUT2D eigenvalue weighted by molar-refractivity contribution is 7.86. The Morgan fingerprint density at radius 2 is 1.89 bits per heavy atom. The number of hydrogen-bond acceptors (Lipinski definition) is 4. The maximum Gasteiger partial charge on any atom is 0.296 e. The Morgan fingerprint density at radius 1 is 1.21 bits per heavy atom. The van der Waals surface area contributed by atoms with Crippen LogP contribution in [-0.2, 0) is 26.1 Å². The molecule has 0 heterocycles. The summed E-state index contributed by atoms with van der Waals surface area (Å²) in [5.74, 6) is 0.105. The Kier molecular flexibility index (Phi) is 6.20. The van der Waals surface area contributed by atoms with E-state index in [0.29, 0.717) is 17.9 Å². The quantitative estimate of drug-likeness (QED) is 0.688. The molecule has 0 radical (unpaired) electrons. The summed E-state index contributed by atoms with van der Waals surface area (Å²) < 4.78 is 30.4. The predicted octanol–water partition coefficient (Wildman–Crippen LogP) is 4.64. The van der Waals surface area contributed by atoms with Gasteiger partial charge < -0.3 is 5.11 Å². The minimum atomic E-state index is -3.83. The van der Waals surface area contributed by atoms with Crippen LogP contribution in [-0.4, -0.2) is 26.2 Å². The maximum absolute atomic E-state index is 12.5. The molecule has 3 rings (SSSR count). The van der Waals surface area contributed by atoms with Crippen LogP contribution in [0.4, 0.5) is 0 Å². The number of aryl methyl sites for hydroxylation is 2. The molecule has 2 unspecified atom stereocenters. The zero-order valence-corrected chi connectivity index (χ0v) is 18.1. The second kappa shape index (κ2) is 8.15. The Bertz CT molecular complexity index is 938. The van der Waals surface area contributed by atoms with E-state index < -0.39 is 21.6 Å². The third-order valence-electron chi connectivity index (χ3n) is 5.94. The lowest BCUT2D eigenvalue weighted by Crippen LogP contribution is -2.48. The minimum Gasteiger partial charge on any atom is -0.392 e. The van der Waals surface area contributed by atoms with Crippen molar-refractivity contribution in [3.05, 3.63) is 64.2 Å². The zero-order valence-electron chi connectivity index (χ0n) is 16.5. The molecule has 2 aromatic rings. The van der Waals surface area contributed by atoms with Crippen molar-refractivity contribution in [2.75, 3.05) is 6.61 Å². The fraction of sp³-hybridized carbons (Fsp3) is 0.455. The van der Waals surface area contributed by atoms with Crippen LogP contribution < -0.4 is 0 Å². The van der Waals surface area contributed by atoms with Crippen LogP contribution in [0.5, 0.6) is 0 Å². The molecule has 0 bridgehead atoms. The largest absolute Gasteiger partial charge is 0.392 e. The van der Waals surface area contributed by atoms with Gasteiger partial charge in [-0.15, -0.1) is 0 Å². The molecule has 0 spiro atoms. The number of hydrogen-bond donors (Lipinski definition) is 1. The van der Waals surface area contributed by atoms with Crippen LogP contribution >= 0.6 is 11.6 Å². The van der Waals surface area contributed by atoms with Crippen molar-refractivity contribution in [2.24, 2.45) is 5.92 Å². The first-order valence-electron chi connectivity index (χ1n) is 9.60. The number of rotatable bonds is 6. The normalized spacial score (nSPS) is 22.3. The first kappa shape index (κ1) is 21.3. The molecule has 2 aromatic carbocycles. The van der Waals surface area contributed by atoms with E-state index in [9.17, 15) is 13.5 Å². The van der Waals surface area contributed by atoms with Crippen LogP contribution in [0.2, 0.25) is 5.02 Å². The predicted molar refractivity (Wildman–Crippen MR) is 111 cm³/mol. The summed E-state index contributed by atoms with van der Waals surface area (Å²) in [5.41, 5.74) is 2.58. The van der Waals surface area contributed by atoms with Gasteiger partial charge >= 0.3 is 0 Å². The molecular weight excluding hydrogens is 396 g/mol. The minimum absolute atomic E-state index is 0.00746. The van der Waals surface area contributed by atoms with Gasteiger partial charge in [0.05, 0.1) is 17.6 Å². The number of fused-ring (bicyclic) bond motifs is 1. The molecule has 0 aliphatic heterocycles. The van der Waals surface area contributed by atoms with Crippen molar-refractivity contribution in [3.8, 4) is 0 Å². The second-order valence-corrected chi connectivity index (χ2v) is 9.94. The first-order chi connectivity index (χ1) is 13.2. The van der Waals surface area contributed by atoms with Crippen molar-refractivity contribution in [3.63, 3.8) is 0 Å². The van der Waals surface area contributed by atoms with Crippen LogP contribution in [0.1, 0.15) is 43.4 Å². The van der Waals surface area contributed by atoms with Crippen LogP contribution in [0.3, 0.4) is 0 Å². The maximum atomic E-state index is 12.5. The molecule has 1 aliphatic carbocycles. The Balaban J connectivity index is 1.85. The van der Waals surface area contributed by atoms with Crippen LogP contribution in [0.15, 0.2) is 47.4 Å². The lowest BCUT2D eigenvalue weighted by Gasteiger charge is -2.46. The average molecular weight is 423 g/mol. The van der Waals surface area contributed by atoms with E-state index in [1.165, 1.54) is 0 Å². The molecule has 4 nitrogen and oxygen atoms in total. The topological polar surface area (TPSA) is 63.6 Å². The average Bonchev–Trinajstić information content (AvgIpc) is 2.63. The van der Waals surface area contributed by atoms with E-state index in [1.54, 1.807) is 24.3 Å². The lowest BCUT2D eigenvalue weighted by molar-refractivity contribution is 0.0206. The highest BCUT2D eigenvalue weighted by atomic mass is 35.5. The van der Waals surface area contributed by atoms with E-state index >= 15 is 0 Å². The molecule has 0 saturated carbocycles. The number of benzene rings is 2. The van der Waals surface area contributed by atoms with Crippen molar-refractivity contribution in [1.82, 2.24) is 0 Å². The molecular formula is C22H27ClO4S. The number of aliphatic hydroxyl groups is 1. The van der Waals surface area contributed by atoms with Gasteiger partial charge in [0.25, 0.3) is 10.1 Å². The fourth-order valence-corrected chi connectivity index (χ4v) is 5.43. The Hall–Kier alpha value is -1.40. The Labute approximate surface area is 172 Å². The van der Waals surface area contributed by atoms with E-state index in [4.69, 9.17) is 15.8 Å². The molecule has 1 N–H and O–H groups in total. The third-order valence-corrected chi connectivity index (χ3v) is 7.51. The molecule has 2 atom stereocenters. The monoisotopic (exact) mass is 422 g/mol. The van der Waals surface area contributed by atoms with Crippen LogP contribution in [0, 0.1) is 12.8 Å². The van der Waals surface area contributed by atoms with Gasteiger partial charge in [0, 0.05) is 10.4 Å². The van der Waals surface area contributed by atoms with Gasteiger partial charge in [-0.05, 0) is 67.5 Å². The summed E-state index contributed by atoms with van der Waals surface area (Å²) >= 11 is 6.16. The molecule has 0 amide bonds. The summed E-state index contributed by atoms with van der Waals surface area (Å²) in [7, 11) is -3.83. The van der Waals surface area contributed by atoms with E-state index in [-0.39, 0.29) is 17.4 Å². The highest BCUT2D eigenvalue weighted by Gasteiger charge is 2.46. The van der Waals surface area contributed by atoms with Gasteiger partial charge in [0.1, 0.15) is 0 Å². The zero-order chi connectivity index (χ0) is 20.5. The molecule has 0 aromatic heterocycles. The Morgan fingerprint density at radius 3 is 2.54 bits per heavy atom. The van der Waals surface area contributed by atoms with Gasteiger partial charge in [-0.1, -0.05) is 49.2 Å². The van der Waals surface area contributed by atoms with Crippen molar-refractivity contribution in [1.29, 1.82) is 0 Å². The van der Waals surface area contributed by atoms with E-state index in [0.717, 1.165) is 23.1 Å². The first-order valence-corrected chi connectivity index (χ1v) is 11.4. The van der Waals surface area contributed by atoms with Gasteiger partial charge in [-0.3, -0.25) is 4.18 Å². The second-order valence-electron chi connectivity index (χ2n) is 7.89. The molecule has 6 heteroatoms. The number of halogens is 1. The standard InChI is InChI=1S/C22H27ClO4S/c1-15(2)22(20-10-7-18(23)14-17(20)6-11-21(22)24)12-13-27-28(25,26)19-8-4-16(3)5-9-19/h4-5,7-10,14-15,21,24H,6,11-13H2,1-3H3. The number of aliphatic hydroxyl groups excluding tert-OH is 1. The van der Waals surface area contributed by atoms with Gasteiger partial charge in [-0.25, -0.2) is 0 Å². The van der Waals surface area contributed by atoms with Crippen molar-refractivity contribution in [2.45, 2.75) is 56.4 Å². The SMILES string of the molecule is Cc1ccc(S(=O)(=O)OCCC2(C(C)C)c3ccc(Cl)cc3CCC2O)cc1. The smallest absolute Gasteiger partial charge is 0.296 e. The van der Waals surface area contributed by atoms with Gasteiger partial charge in [-0.2, -0.15) is 8.42 Å². The van der Waals surface area contributed by atoms with Crippen molar-refractivity contribution < 1.29 is 17.7 Å². The molecule has 0 saturated heterocycles. The molecule has 1 aliphatic rings. The molecule has 152 valence electrons. The third kappa shape index (κ3) is 3.99. The van der Waals surface area contributed by atoms with Gasteiger partial charge in [0.2, 0.25) is 0 Å².